The molecule has 0 radical (unpaired) electrons. The van der Waals surface area contributed by atoms with Gasteiger partial charge in [0.1, 0.15) is 0 Å². The molecule has 2 nitrogen and oxygen atoms in total. The third kappa shape index (κ3) is 3.36. The summed E-state index contributed by atoms with van der Waals surface area (Å²) in [5.74, 6) is 2.01. The summed E-state index contributed by atoms with van der Waals surface area (Å²) in [6.07, 6.45) is 5.54. The highest BCUT2D eigenvalue weighted by Crippen LogP contribution is 2.37. The van der Waals surface area contributed by atoms with E-state index in [-0.39, 0.29) is 0 Å². The lowest BCUT2D eigenvalue weighted by Crippen LogP contribution is -2.42. The Morgan fingerprint density at radius 3 is 1.67 bits per heavy atom. The van der Waals surface area contributed by atoms with E-state index in [1.165, 1.54) is 51.9 Å². The lowest BCUT2D eigenvalue weighted by Gasteiger charge is -2.35. The van der Waals surface area contributed by atoms with Crippen molar-refractivity contribution in [3.63, 3.8) is 0 Å². The van der Waals surface area contributed by atoms with Crippen LogP contribution in [0.25, 0.3) is 0 Å². The fourth-order valence-electron chi connectivity index (χ4n) is 3.49. The second kappa shape index (κ2) is 6.21. The van der Waals surface area contributed by atoms with E-state index in [0.717, 1.165) is 11.8 Å². The van der Waals surface area contributed by atoms with Crippen molar-refractivity contribution >= 4 is 0 Å². The Labute approximate surface area is 113 Å². The Bertz CT molecular complexity index is 284. The molecular weight excluding hydrogens is 220 g/mol. The quantitative estimate of drug-likeness (QED) is 0.695. The summed E-state index contributed by atoms with van der Waals surface area (Å²) < 4.78 is 0. The Balaban J connectivity index is 0.000000149. The van der Waals surface area contributed by atoms with Crippen LogP contribution in [0.3, 0.4) is 0 Å². The summed E-state index contributed by atoms with van der Waals surface area (Å²) in [7, 11) is 4.39. The largest absolute Gasteiger partial charge is 0.306 e. The van der Waals surface area contributed by atoms with E-state index >= 15 is 0 Å². The molecule has 3 rings (SSSR count). The molecule has 1 aliphatic carbocycles. The minimum Gasteiger partial charge on any atom is -0.306 e. The first-order valence-corrected chi connectivity index (χ1v) is 7.69. The summed E-state index contributed by atoms with van der Waals surface area (Å²) in [5.41, 5.74) is 3.53. The highest BCUT2D eigenvalue weighted by atomic mass is 15.2. The van der Waals surface area contributed by atoms with Gasteiger partial charge in [-0.3, -0.25) is 4.90 Å². The SMILES string of the molecule is CCC1CC2=C(C1)CN(C)C2.CCC1CN(C)C1. The lowest BCUT2D eigenvalue weighted by molar-refractivity contribution is 0.131. The van der Waals surface area contributed by atoms with Crippen molar-refractivity contribution in [3.8, 4) is 0 Å². The van der Waals surface area contributed by atoms with Crippen LogP contribution in [-0.4, -0.2) is 50.1 Å². The maximum Gasteiger partial charge on any atom is 0.0196 e. The summed E-state index contributed by atoms with van der Waals surface area (Å²) >= 11 is 0. The topological polar surface area (TPSA) is 6.48 Å². The molecule has 1 saturated heterocycles. The second-order valence-corrected chi connectivity index (χ2v) is 6.56. The van der Waals surface area contributed by atoms with Gasteiger partial charge in [0.05, 0.1) is 0 Å². The Morgan fingerprint density at radius 1 is 0.833 bits per heavy atom. The Hall–Kier alpha value is -0.340. The van der Waals surface area contributed by atoms with Crippen LogP contribution in [0.5, 0.6) is 0 Å². The zero-order valence-electron chi connectivity index (χ0n) is 12.7. The number of hydrogen-bond donors (Lipinski definition) is 0. The normalized spacial score (nSPS) is 26.0. The average Bonchev–Trinajstić information content (AvgIpc) is 2.82. The zero-order valence-corrected chi connectivity index (χ0v) is 12.7. The lowest BCUT2D eigenvalue weighted by atomic mass is 9.99. The van der Waals surface area contributed by atoms with Gasteiger partial charge in [-0.05, 0) is 38.8 Å². The van der Waals surface area contributed by atoms with Crippen molar-refractivity contribution in [3.05, 3.63) is 11.1 Å². The smallest absolute Gasteiger partial charge is 0.0196 e. The van der Waals surface area contributed by atoms with Crippen LogP contribution < -0.4 is 0 Å². The number of likely N-dealkylation sites (tertiary alicyclic amines) is 2. The third-order valence-electron chi connectivity index (χ3n) is 4.79. The van der Waals surface area contributed by atoms with Gasteiger partial charge in [0.15, 0.2) is 0 Å². The van der Waals surface area contributed by atoms with Crippen LogP contribution >= 0.6 is 0 Å². The fraction of sp³-hybridized carbons (Fsp3) is 0.875. The molecule has 0 bridgehead atoms. The van der Waals surface area contributed by atoms with E-state index in [1.807, 2.05) is 0 Å². The number of hydrogen-bond acceptors (Lipinski definition) is 2. The van der Waals surface area contributed by atoms with Crippen molar-refractivity contribution in [1.82, 2.24) is 9.80 Å². The first-order valence-electron chi connectivity index (χ1n) is 7.69. The molecule has 1 fully saturated rings. The molecule has 0 N–H and O–H groups in total. The molecule has 2 aliphatic heterocycles. The monoisotopic (exact) mass is 250 g/mol. The molecule has 0 unspecified atom stereocenters. The first-order chi connectivity index (χ1) is 8.62. The third-order valence-corrected chi connectivity index (χ3v) is 4.79. The molecule has 2 heterocycles. The van der Waals surface area contributed by atoms with E-state index in [0.29, 0.717) is 0 Å². The minimum absolute atomic E-state index is 0.994. The minimum atomic E-state index is 0.994. The molecule has 2 heteroatoms. The van der Waals surface area contributed by atoms with Crippen molar-refractivity contribution < 1.29 is 0 Å². The molecule has 0 spiro atoms. The van der Waals surface area contributed by atoms with Crippen LogP contribution in [-0.2, 0) is 0 Å². The molecule has 0 aromatic heterocycles. The van der Waals surface area contributed by atoms with Crippen molar-refractivity contribution in [2.45, 2.75) is 39.5 Å². The summed E-state index contributed by atoms with van der Waals surface area (Å²) in [5, 5.41) is 0. The second-order valence-electron chi connectivity index (χ2n) is 6.56. The van der Waals surface area contributed by atoms with Gasteiger partial charge in [0.25, 0.3) is 0 Å². The van der Waals surface area contributed by atoms with Crippen LogP contribution in [0.1, 0.15) is 39.5 Å². The van der Waals surface area contributed by atoms with E-state index in [4.69, 9.17) is 0 Å². The summed E-state index contributed by atoms with van der Waals surface area (Å²) in [4.78, 5) is 4.78. The highest BCUT2D eigenvalue weighted by molar-refractivity contribution is 5.28. The number of likely N-dealkylation sites (N-methyl/N-ethyl adjacent to an activating group) is 1. The summed E-state index contributed by atoms with van der Waals surface area (Å²) in [6.45, 7) is 9.75. The molecule has 3 aliphatic rings. The van der Waals surface area contributed by atoms with Crippen LogP contribution in [0, 0.1) is 11.8 Å². The van der Waals surface area contributed by atoms with Gasteiger partial charge >= 0.3 is 0 Å². The molecule has 0 saturated carbocycles. The Morgan fingerprint density at radius 2 is 1.33 bits per heavy atom. The van der Waals surface area contributed by atoms with Gasteiger partial charge in [0.2, 0.25) is 0 Å². The molecule has 0 aromatic carbocycles. The van der Waals surface area contributed by atoms with E-state index < -0.39 is 0 Å². The molecular formula is C16H30N2. The van der Waals surface area contributed by atoms with Gasteiger partial charge in [0, 0.05) is 26.2 Å². The molecule has 18 heavy (non-hydrogen) atoms. The van der Waals surface area contributed by atoms with Crippen LogP contribution in [0.4, 0.5) is 0 Å². The van der Waals surface area contributed by atoms with Gasteiger partial charge < -0.3 is 4.90 Å². The molecule has 0 atom stereocenters. The Kier molecular flexibility index (Phi) is 4.85. The van der Waals surface area contributed by atoms with E-state index in [1.54, 1.807) is 11.1 Å². The predicted octanol–water partition coefficient (Wildman–Crippen LogP) is 3.01. The molecule has 0 amide bonds. The number of nitrogens with zero attached hydrogens (tertiary/aromatic N) is 2. The molecule has 0 aromatic rings. The van der Waals surface area contributed by atoms with Gasteiger partial charge in [-0.15, -0.1) is 0 Å². The van der Waals surface area contributed by atoms with E-state index in [9.17, 15) is 0 Å². The van der Waals surface area contributed by atoms with Crippen LogP contribution in [0.15, 0.2) is 11.1 Å². The summed E-state index contributed by atoms with van der Waals surface area (Å²) in [6, 6.07) is 0. The van der Waals surface area contributed by atoms with E-state index in [2.05, 4.69) is 37.7 Å². The zero-order chi connectivity index (χ0) is 13.1. The average molecular weight is 250 g/mol. The van der Waals surface area contributed by atoms with Gasteiger partial charge in [-0.2, -0.15) is 0 Å². The highest BCUT2D eigenvalue weighted by Gasteiger charge is 2.28. The first kappa shape index (κ1) is 14.1. The maximum absolute atomic E-state index is 2.43. The van der Waals surface area contributed by atoms with Crippen molar-refractivity contribution in [2.24, 2.45) is 11.8 Å². The fourth-order valence-corrected chi connectivity index (χ4v) is 3.49. The van der Waals surface area contributed by atoms with Crippen molar-refractivity contribution in [1.29, 1.82) is 0 Å². The predicted molar refractivity (Wildman–Crippen MR) is 78.8 cm³/mol. The number of rotatable bonds is 2. The maximum atomic E-state index is 2.43. The van der Waals surface area contributed by atoms with Crippen molar-refractivity contribution in [2.75, 3.05) is 40.3 Å². The van der Waals surface area contributed by atoms with Gasteiger partial charge in [-0.25, -0.2) is 0 Å². The molecule has 104 valence electrons. The standard InChI is InChI=1S/C10H17N.C6H13N/c1-3-8-4-9-6-11(2)7-10(9)5-8;1-3-6-4-7(2)5-6/h8H,3-7H2,1-2H3;6H,3-5H2,1-2H3. The van der Waals surface area contributed by atoms with Crippen LogP contribution in [0.2, 0.25) is 0 Å². The van der Waals surface area contributed by atoms with Gasteiger partial charge in [-0.1, -0.05) is 37.8 Å².